The fourth-order valence-corrected chi connectivity index (χ4v) is 2.16. The fourth-order valence-electron chi connectivity index (χ4n) is 2.16. The van der Waals surface area contributed by atoms with E-state index in [1.54, 1.807) is 13.2 Å². The van der Waals surface area contributed by atoms with Crippen molar-refractivity contribution in [2.45, 2.75) is 12.3 Å². The van der Waals surface area contributed by atoms with Gasteiger partial charge in [-0.1, -0.05) is 0 Å². The van der Waals surface area contributed by atoms with Crippen LogP contribution in [0.5, 0.6) is 5.75 Å². The van der Waals surface area contributed by atoms with E-state index in [4.69, 9.17) is 15.2 Å². The van der Waals surface area contributed by atoms with Gasteiger partial charge in [0.1, 0.15) is 5.75 Å². The lowest BCUT2D eigenvalue weighted by molar-refractivity contribution is 0.0600. The highest BCUT2D eigenvalue weighted by molar-refractivity contribution is 5.89. The normalized spacial score (nSPS) is 22.1. The molecular weight excluding hydrogens is 218 g/mol. The number of ether oxygens (including phenoxy) is 2. The minimum absolute atomic E-state index is 0.321. The van der Waals surface area contributed by atoms with Gasteiger partial charge in [-0.15, -0.1) is 0 Å². The predicted molar refractivity (Wildman–Crippen MR) is 64.2 cm³/mol. The van der Waals surface area contributed by atoms with E-state index in [9.17, 15) is 4.79 Å². The van der Waals surface area contributed by atoms with Gasteiger partial charge < -0.3 is 15.2 Å². The second-order valence-corrected chi connectivity index (χ2v) is 4.29. The molecule has 2 atom stereocenters. The number of carbonyl (C=O) groups excluding carboxylic acids is 1. The van der Waals surface area contributed by atoms with Gasteiger partial charge in [-0.3, -0.25) is 0 Å². The van der Waals surface area contributed by atoms with Gasteiger partial charge in [-0.25, -0.2) is 4.79 Å². The van der Waals surface area contributed by atoms with E-state index in [0.717, 1.165) is 17.7 Å². The van der Waals surface area contributed by atoms with Crippen LogP contribution in [0.1, 0.15) is 28.3 Å². The lowest BCUT2D eigenvalue weighted by Crippen LogP contribution is -2.05. The van der Waals surface area contributed by atoms with Crippen molar-refractivity contribution < 1.29 is 14.3 Å². The highest BCUT2D eigenvalue weighted by Crippen LogP contribution is 2.49. The maximum absolute atomic E-state index is 11.5. The lowest BCUT2D eigenvalue weighted by atomic mass is 10.0. The summed E-state index contributed by atoms with van der Waals surface area (Å²) in [4.78, 5) is 11.5. The van der Waals surface area contributed by atoms with Crippen LogP contribution in [-0.2, 0) is 4.74 Å². The first-order chi connectivity index (χ1) is 8.21. The van der Waals surface area contributed by atoms with Gasteiger partial charge in [0, 0.05) is 0 Å². The molecule has 1 aromatic carbocycles. The van der Waals surface area contributed by atoms with Gasteiger partial charge in [0.2, 0.25) is 0 Å². The van der Waals surface area contributed by atoms with Gasteiger partial charge >= 0.3 is 5.97 Å². The summed E-state index contributed by atoms with van der Waals surface area (Å²) < 4.78 is 10.0. The zero-order valence-electron chi connectivity index (χ0n) is 10.1. The van der Waals surface area contributed by atoms with Crippen LogP contribution in [0.4, 0.5) is 0 Å². The summed E-state index contributed by atoms with van der Waals surface area (Å²) in [6.45, 7) is 0.677. The van der Waals surface area contributed by atoms with Crippen molar-refractivity contribution in [2.24, 2.45) is 11.7 Å². The first kappa shape index (κ1) is 11.9. The minimum Gasteiger partial charge on any atom is -0.496 e. The number of carbonyl (C=O) groups is 1. The van der Waals surface area contributed by atoms with Crippen molar-refractivity contribution in [3.8, 4) is 5.75 Å². The summed E-state index contributed by atoms with van der Waals surface area (Å²) in [7, 11) is 3.02. The smallest absolute Gasteiger partial charge is 0.337 e. The molecule has 1 aromatic rings. The maximum Gasteiger partial charge on any atom is 0.337 e. The molecule has 1 fully saturated rings. The van der Waals surface area contributed by atoms with E-state index in [1.165, 1.54) is 7.11 Å². The van der Waals surface area contributed by atoms with E-state index in [2.05, 4.69) is 0 Å². The molecule has 0 heterocycles. The quantitative estimate of drug-likeness (QED) is 0.804. The lowest BCUT2D eigenvalue weighted by Gasteiger charge is -2.09. The zero-order chi connectivity index (χ0) is 12.4. The highest BCUT2D eigenvalue weighted by atomic mass is 16.5. The Morgan fingerprint density at radius 1 is 1.47 bits per heavy atom. The molecule has 0 spiro atoms. The van der Waals surface area contributed by atoms with Crippen molar-refractivity contribution >= 4 is 5.97 Å². The number of hydrogen-bond acceptors (Lipinski definition) is 4. The van der Waals surface area contributed by atoms with Gasteiger partial charge in [0.05, 0.1) is 19.8 Å². The SMILES string of the molecule is COC(=O)c1ccc(OC)c([C@@H]2C[C@H]2CN)c1. The first-order valence-corrected chi connectivity index (χ1v) is 5.67. The summed E-state index contributed by atoms with van der Waals surface area (Å²) in [5.41, 5.74) is 7.27. The summed E-state index contributed by atoms with van der Waals surface area (Å²) >= 11 is 0. The van der Waals surface area contributed by atoms with Crippen LogP contribution in [0.15, 0.2) is 18.2 Å². The molecule has 0 bridgehead atoms. The molecule has 2 rings (SSSR count). The van der Waals surface area contributed by atoms with Crippen LogP contribution >= 0.6 is 0 Å². The van der Waals surface area contributed by atoms with Crippen molar-refractivity contribution in [1.82, 2.24) is 0 Å². The Morgan fingerprint density at radius 3 is 2.76 bits per heavy atom. The number of rotatable bonds is 4. The average molecular weight is 235 g/mol. The van der Waals surface area contributed by atoms with E-state index < -0.39 is 0 Å². The Balaban J connectivity index is 2.31. The number of methoxy groups -OCH3 is 2. The monoisotopic (exact) mass is 235 g/mol. The highest BCUT2D eigenvalue weighted by Gasteiger charge is 2.39. The van der Waals surface area contributed by atoms with Crippen LogP contribution < -0.4 is 10.5 Å². The van der Waals surface area contributed by atoms with Crippen LogP contribution in [0.2, 0.25) is 0 Å². The molecule has 0 radical (unpaired) electrons. The molecule has 1 aliphatic carbocycles. The van der Waals surface area contributed by atoms with Crippen molar-refractivity contribution in [3.05, 3.63) is 29.3 Å². The van der Waals surface area contributed by atoms with Crippen LogP contribution in [0, 0.1) is 5.92 Å². The number of nitrogens with two attached hydrogens (primary N) is 1. The van der Waals surface area contributed by atoms with E-state index in [-0.39, 0.29) is 5.97 Å². The van der Waals surface area contributed by atoms with Crippen molar-refractivity contribution in [3.63, 3.8) is 0 Å². The molecule has 0 unspecified atom stereocenters. The predicted octanol–water partition coefficient (Wildman–Crippen LogP) is 1.54. The van der Waals surface area contributed by atoms with Crippen molar-refractivity contribution in [2.75, 3.05) is 20.8 Å². The van der Waals surface area contributed by atoms with Crippen LogP contribution in [0.3, 0.4) is 0 Å². The maximum atomic E-state index is 11.5. The van der Waals surface area contributed by atoms with Gasteiger partial charge in [-0.05, 0) is 48.6 Å². The average Bonchev–Trinajstić information content (AvgIpc) is 3.16. The number of benzene rings is 1. The Hall–Kier alpha value is -1.55. The Bertz CT molecular complexity index is 431. The fraction of sp³-hybridized carbons (Fsp3) is 0.462. The van der Waals surface area contributed by atoms with Gasteiger partial charge in [0.25, 0.3) is 0 Å². The number of hydrogen-bond donors (Lipinski definition) is 1. The Morgan fingerprint density at radius 2 is 2.24 bits per heavy atom. The van der Waals surface area contributed by atoms with E-state index in [1.807, 2.05) is 12.1 Å². The third kappa shape index (κ3) is 2.26. The summed E-state index contributed by atoms with van der Waals surface area (Å²) in [6.07, 6.45) is 1.07. The summed E-state index contributed by atoms with van der Waals surface area (Å²) in [5, 5.41) is 0. The molecule has 0 aliphatic heterocycles. The molecule has 4 heteroatoms. The molecule has 0 amide bonds. The topological polar surface area (TPSA) is 61.5 Å². The molecule has 4 nitrogen and oxygen atoms in total. The van der Waals surface area contributed by atoms with E-state index >= 15 is 0 Å². The van der Waals surface area contributed by atoms with Crippen LogP contribution in [0.25, 0.3) is 0 Å². The molecule has 0 aromatic heterocycles. The zero-order valence-corrected chi connectivity index (χ0v) is 10.1. The molecular formula is C13H17NO3. The molecule has 17 heavy (non-hydrogen) atoms. The second kappa shape index (κ2) is 4.75. The number of esters is 1. The van der Waals surface area contributed by atoms with Gasteiger partial charge in [-0.2, -0.15) is 0 Å². The third-order valence-electron chi connectivity index (χ3n) is 3.28. The second-order valence-electron chi connectivity index (χ2n) is 4.29. The standard InChI is InChI=1S/C13H17NO3/c1-16-12-4-3-8(13(15)17-2)5-11(12)10-6-9(10)7-14/h3-5,9-10H,6-7,14H2,1-2H3/t9-,10+/m0/s1. The largest absolute Gasteiger partial charge is 0.496 e. The molecule has 1 saturated carbocycles. The molecule has 1 aliphatic rings. The van der Waals surface area contributed by atoms with Crippen molar-refractivity contribution in [1.29, 1.82) is 0 Å². The van der Waals surface area contributed by atoms with E-state index in [0.29, 0.717) is 23.9 Å². The third-order valence-corrected chi connectivity index (χ3v) is 3.28. The first-order valence-electron chi connectivity index (χ1n) is 5.67. The summed E-state index contributed by atoms with van der Waals surface area (Å²) in [5.74, 6) is 1.42. The Labute approximate surface area is 101 Å². The molecule has 92 valence electrons. The summed E-state index contributed by atoms with van der Waals surface area (Å²) in [6, 6.07) is 5.38. The van der Waals surface area contributed by atoms with Gasteiger partial charge in [0.15, 0.2) is 0 Å². The molecule has 2 N–H and O–H groups in total. The van der Waals surface area contributed by atoms with Crippen LogP contribution in [-0.4, -0.2) is 26.7 Å². The Kier molecular flexibility index (Phi) is 3.33. The molecule has 0 saturated heterocycles. The minimum atomic E-state index is -0.321.